The second-order valence-electron chi connectivity index (χ2n) is 3.75. The van der Waals surface area contributed by atoms with Gasteiger partial charge in [-0.25, -0.2) is 0 Å². The first-order valence-electron chi connectivity index (χ1n) is 4.97. The maximum atomic E-state index is 6.16. The van der Waals surface area contributed by atoms with Crippen molar-refractivity contribution in [2.75, 3.05) is 32.0 Å². The Morgan fingerprint density at radius 3 is 3.07 bits per heavy atom. The minimum atomic E-state index is 0.880. The van der Waals surface area contributed by atoms with Crippen LogP contribution in [0.15, 0.2) is 18.2 Å². The van der Waals surface area contributed by atoms with Crippen LogP contribution in [0.3, 0.4) is 0 Å². The van der Waals surface area contributed by atoms with Crippen LogP contribution in [-0.4, -0.2) is 31.6 Å². The van der Waals surface area contributed by atoms with Crippen molar-refractivity contribution in [1.82, 2.24) is 4.90 Å². The fourth-order valence-corrected chi connectivity index (χ4v) is 2.04. The first-order valence-corrected chi connectivity index (χ1v) is 5.35. The Balaban J connectivity index is 2.29. The van der Waals surface area contributed by atoms with Gasteiger partial charge in [0.25, 0.3) is 0 Å². The smallest absolute Gasteiger partial charge is 0.0459 e. The lowest BCUT2D eigenvalue weighted by Crippen LogP contribution is -2.29. The first-order chi connectivity index (χ1) is 6.77. The minimum absolute atomic E-state index is 0.880. The number of nitrogens with one attached hydrogen (secondary N) is 1. The van der Waals surface area contributed by atoms with Gasteiger partial charge in [0.2, 0.25) is 0 Å². The summed E-state index contributed by atoms with van der Waals surface area (Å²) in [6.45, 7) is 3.16. The van der Waals surface area contributed by atoms with E-state index in [1.165, 1.54) is 11.3 Å². The van der Waals surface area contributed by atoms with E-state index in [1.807, 2.05) is 12.1 Å². The molecule has 0 spiro atoms. The van der Waals surface area contributed by atoms with Crippen molar-refractivity contribution in [2.24, 2.45) is 0 Å². The Kier molecular flexibility index (Phi) is 2.94. The standard InChI is InChI=1S/C11H15ClN2/c1-14-7-5-9-10(12)3-2-4-11(9)13-6-8-14/h2-4,13H,5-8H2,1H3. The van der Waals surface area contributed by atoms with Crippen LogP contribution in [0.1, 0.15) is 5.56 Å². The number of hydrogen-bond donors (Lipinski definition) is 1. The lowest BCUT2D eigenvalue weighted by atomic mass is 10.1. The minimum Gasteiger partial charge on any atom is -0.383 e. The van der Waals surface area contributed by atoms with Crippen molar-refractivity contribution >= 4 is 17.3 Å². The van der Waals surface area contributed by atoms with Crippen molar-refractivity contribution in [3.63, 3.8) is 0 Å². The predicted molar refractivity (Wildman–Crippen MR) is 61.1 cm³/mol. The summed E-state index contributed by atoms with van der Waals surface area (Å²) in [5.41, 5.74) is 2.45. The molecule has 0 fully saturated rings. The molecule has 1 aromatic rings. The third-order valence-electron chi connectivity index (χ3n) is 2.67. The highest BCUT2D eigenvalue weighted by molar-refractivity contribution is 6.31. The molecule has 1 N–H and O–H groups in total. The molecule has 1 heterocycles. The summed E-state index contributed by atoms with van der Waals surface area (Å²) < 4.78 is 0. The van der Waals surface area contributed by atoms with Crippen LogP contribution in [0.25, 0.3) is 0 Å². The van der Waals surface area contributed by atoms with Gasteiger partial charge in [0.1, 0.15) is 0 Å². The second-order valence-corrected chi connectivity index (χ2v) is 4.15. The Hall–Kier alpha value is -0.730. The summed E-state index contributed by atoms with van der Waals surface area (Å²) in [5, 5.41) is 4.29. The average molecular weight is 211 g/mol. The van der Waals surface area contributed by atoms with E-state index in [1.54, 1.807) is 0 Å². The number of likely N-dealkylation sites (N-methyl/N-ethyl adjacent to an activating group) is 1. The molecule has 1 aliphatic heterocycles. The maximum Gasteiger partial charge on any atom is 0.0459 e. The molecule has 0 unspecified atom stereocenters. The monoisotopic (exact) mass is 210 g/mol. The van der Waals surface area contributed by atoms with E-state index in [0.29, 0.717) is 0 Å². The van der Waals surface area contributed by atoms with Gasteiger partial charge in [0.05, 0.1) is 0 Å². The van der Waals surface area contributed by atoms with Gasteiger partial charge in [-0.1, -0.05) is 17.7 Å². The molecule has 3 heteroatoms. The number of hydrogen-bond acceptors (Lipinski definition) is 2. The topological polar surface area (TPSA) is 15.3 Å². The summed E-state index contributed by atoms with van der Waals surface area (Å²) >= 11 is 6.16. The number of rotatable bonds is 0. The van der Waals surface area contributed by atoms with Gasteiger partial charge in [-0.2, -0.15) is 0 Å². The van der Waals surface area contributed by atoms with E-state index in [0.717, 1.165) is 31.1 Å². The lowest BCUT2D eigenvalue weighted by Gasteiger charge is -2.23. The van der Waals surface area contributed by atoms with E-state index in [2.05, 4.69) is 23.3 Å². The first kappa shape index (κ1) is 9.81. The molecule has 76 valence electrons. The van der Waals surface area contributed by atoms with Crippen LogP contribution in [0.5, 0.6) is 0 Å². The van der Waals surface area contributed by atoms with Crippen molar-refractivity contribution in [3.05, 3.63) is 28.8 Å². The fourth-order valence-electron chi connectivity index (χ4n) is 1.77. The van der Waals surface area contributed by atoms with Gasteiger partial charge < -0.3 is 10.2 Å². The third kappa shape index (κ3) is 2.02. The molecule has 14 heavy (non-hydrogen) atoms. The van der Waals surface area contributed by atoms with Crippen LogP contribution < -0.4 is 5.32 Å². The van der Waals surface area contributed by atoms with Crippen molar-refractivity contribution < 1.29 is 0 Å². The van der Waals surface area contributed by atoms with Crippen LogP contribution in [-0.2, 0) is 6.42 Å². The molecule has 0 atom stereocenters. The largest absolute Gasteiger partial charge is 0.383 e. The quantitative estimate of drug-likeness (QED) is 0.707. The Morgan fingerprint density at radius 2 is 2.21 bits per heavy atom. The van der Waals surface area contributed by atoms with E-state index >= 15 is 0 Å². The number of halogens is 1. The molecule has 0 amide bonds. The molecule has 0 radical (unpaired) electrons. The van der Waals surface area contributed by atoms with Crippen LogP contribution in [0.4, 0.5) is 5.69 Å². The SMILES string of the molecule is CN1CCNc2cccc(Cl)c2CC1. The summed E-state index contributed by atoms with van der Waals surface area (Å²) in [6, 6.07) is 6.07. The maximum absolute atomic E-state index is 6.16. The highest BCUT2D eigenvalue weighted by atomic mass is 35.5. The number of benzene rings is 1. The van der Waals surface area contributed by atoms with E-state index in [-0.39, 0.29) is 0 Å². The lowest BCUT2D eigenvalue weighted by molar-refractivity contribution is 0.348. The zero-order valence-electron chi connectivity index (χ0n) is 8.39. The number of anilines is 1. The number of nitrogens with zero attached hydrogens (tertiary/aromatic N) is 1. The molecule has 1 aromatic carbocycles. The van der Waals surface area contributed by atoms with Gasteiger partial charge in [-0.15, -0.1) is 0 Å². The van der Waals surface area contributed by atoms with Crippen LogP contribution >= 0.6 is 11.6 Å². The van der Waals surface area contributed by atoms with Gasteiger partial charge in [0.15, 0.2) is 0 Å². The van der Waals surface area contributed by atoms with Gasteiger partial charge in [-0.05, 0) is 31.2 Å². The van der Waals surface area contributed by atoms with E-state index < -0.39 is 0 Å². The van der Waals surface area contributed by atoms with Crippen LogP contribution in [0, 0.1) is 0 Å². The predicted octanol–water partition coefficient (Wildman–Crippen LogP) is 2.24. The molecule has 0 saturated heterocycles. The highest BCUT2D eigenvalue weighted by Gasteiger charge is 2.10. The molecule has 2 rings (SSSR count). The van der Waals surface area contributed by atoms with Gasteiger partial charge in [0, 0.05) is 30.3 Å². The molecule has 0 bridgehead atoms. The molecular formula is C11H15ClN2. The van der Waals surface area contributed by atoms with Crippen LogP contribution in [0.2, 0.25) is 5.02 Å². The Labute approximate surface area is 89.9 Å². The second kappa shape index (κ2) is 4.20. The molecule has 0 saturated carbocycles. The summed E-state index contributed by atoms with van der Waals surface area (Å²) in [6.07, 6.45) is 1.03. The highest BCUT2D eigenvalue weighted by Crippen LogP contribution is 2.25. The normalized spacial score (nSPS) is 17.9. The van der Waals surface area contributed by atoms with Crippen molar-refractivity contribution in [3.8, 4) is 0 Å². The van der Waals surface area contributed by atoms with E-state index in [9.17, 15) is 0 Å². The zero-order valence-corrected chi connectivity index (χ0v) is 9.14. The molecule has 0 aromatic heterocycles. The summed E-state index contributed by atoms with van der Waals surface area (Å²) in [4.78, 5) is 2.32. The van der Waals surface area contributed by atoms with Crippen molar-refractivity contribution in [2.45, 2.75) is 6.42 Å². The van der Waals surface area contributed by atoms with Gasteiger partial charge >= 0.3 is 0 Å². The molecule has 1 aliphatic rings. The summed E-state index contributed by atoms with van der Waals surface area (Å²) in [7, 11) is 2.14. The Bertz CT molecular complexity index is 325. The molecule has 2 nitrogen and oxygen atoms in total. The average Bonchev–Trinajstić information content (AvgIpc) is 2.13. The van der Waals surface area contributed by atoms with Gasteiger partial charge in [-0.3, -0.25) is 0 Å². The molecular weight excluding hydrogens is 196 g/mol. The summed E-state index contributed by atoms with van der Waals surface area (Å²) in [5.74, 6) is 0. The van der Waals surface area contributed by atoms with E-state index in [4.69, 9.17) is 11.6 Å². The molecule has 0 aliphatic carbocycles. The third-order valence-corrected chi connectivity index (χ3v) is 3.03. The van der Waals surface area contributed by atoms with Crippen molar-refractivity contribution in [1.29, 1.82) is 0 Å². The Morgan fingerprint density at radius 1 is 1.36 bits per heavy atom. The zero-order chi connectivity index (χ0) is 9.97. The fraction of sp³-hybridized carbons (Fsp3) is 0.455. The number of fused-ring (bicyclic) bond motifs is 1.